The first-order valence-electron chi connectivity index (χ1n) is 8.63. The van der Waals surface area contributed by atoms with E-state index in [1.165, 1.54) is 31.2 Å². The van der Waals surface area contributed by atoms with Gasteiger partial charge in [0.05, 0.1) is 12.3 Å². The molecule has 0 aliphatic rings. The van der Waals surface area contributed by atoms with E-state index >= 15 is 0 Å². The first-order valence-corrected chi connectivity index (χ1v) is 8.63. The summed E-state index contributed by atoms with van der Waals surface area (Å²) in [6.07, 6.45) is 6.00. The fraction of sp³-hybridized carbons (Fsp3) is 0.400. The van der Waals surface area contributed by atoms with Crippen molar-refractivity contribution in [2.75, 3.05) is 6.61 Å². The van der Waals surface area contributed by atoms with Crippen molar-refractivity contribution in [2.45, 2.75) is 46.0 Å². The molecule has 2 rings (SSSR count). The van der Waals surface area contributed by atoms with E-state index in [0.29, 0.717) is 18.0 Å². The van der Waals surface area contributed by atoms with Crippen LogP contribution in [-0.4, -0.2) is 11.7 Å². The van der Waals surface area contributed by atoms with E-state index in [-0.39, 0.29) is 5.75 Å². The number of rotatable bonds is 9. The average Bonchev–Trinajstić information content (AvgIpc) is 2.59. The summed E-state index contributed by atoms with van der Waals surface area (Å²) in [5.41, 5.74) is 2.37. The summed E-state index contributed by atoms with van der Waals surface area (Å²) in [5.74, 6) is 0.742. The van der Waals surface area contributed by atoms with Gasteiger partial charge in [-0.25, -0.2) is 0 Å². The highest BCUT2D eigenvalue weighted by molar-refractivity contribution is 5.54. The Morgan fingerprint density at radius 1 is 0.917 bits per heavy atom. The molecule has 2 aromatic rings. The zero-order valence-corrected chi connectivity index (χ0v) is 14.5. The van der Waals surface area contributed by atoms with Gasteiger partial charge >= 0.3 is 0 Å². The van der Waals surface area contributed by atoms with E-state index in [4.69, 9.17) is 4.74 Å². The quantitative estimate of drug-likeness (QED) is 0.424. The molecule has 0 bridgehead atoms. The van der Waals surface area contributed by atoms with E-state index in [1.54, 1.807) is 12.1 Å². The molecular weight excluding hydrogens is 300 g/mol. The zero-order chi connectivity index (χ0) is 17.2. The molecule has 0 amide bonds. The predicted molar refractivity (Wildman–Crippen MR) is 97.7 cm³/mol. The first kappa shape index (κ1) is 18.0. The molecule has 0 unspecified atom stereocenters. The Morgan fingerprint density at radius 2 is 1.67 bits per heavy atom. The lowest BCUT2D eigenvalue weighted by molar-refractivity contribution is 0.303. The lowest BCUT2D eigenvalue weighted by atomic mass is 10.2. The van der Waals surface area contributed by atoms with Crippen molar-refractivity contribution in [3.63, 3.8) is 0 Å². The van der Waals surface area contributed by atoms with Gasteiger partial charge in [-0.15, -0.1) is 5.11 Å². The van der Waals surface area contributed by atoms with Gasteiger partial charge in [0.15, 0.2) is 0 Å². The van der Waals surface area contributed by atoms with Crippen LogP contribution in [0, 0.1) is 6.92 Å². The maximum atomic E-state index is 10.1. The minimum atomic E-state index is 0.0781. The van der Waals surface area contributed by atoms with E-state index < -0.39 is 0 Å². The molecule has 0 saturated carbocycles. The van der Waals surface area contributed by atoms with Gasteiger partial charge in [-0.3, -0.25) is 0 Å². The second-order valence-electron chi connectivity index (χ2n) is 5.95. The molecule has 0 aliphatic heterocycles. The smallest absolute Gasteiger partial charge is 0.146 e. The molecule has 0 heterocycles. The van der Waals surface area contributed by atoms with Gasteiger partial charge in [0.25, 0.3) is 0 Å². The van der Waals surface area contributed by atoms with Crippen LogP contribution in [0.4, 0.5) is 11.4 Å². The van der Waals surface area contributed by atoms with Gasteiger partial charge in [0.2, 0.25) is 0 Å². The number of nitrogens with zero attached hydrogens (tertiary/aromatic N) is 2. The van der Waals surface area contributed by atoms with Crippen molar-refractivity contribution in [1.82, 2.24) is 0 Å². The summed E-state index contributed by atoms with van der Waals surface area (Å²) in [4.78, 5) is 0. The third kappa shape index (κ3) is 6.03. The van der Waals surface area contributed by atoms with Crippen molar-refractivity contribution >= 4 is 11.4 Å². The first-order chi connectivity index (χ1) is 11.7. The fourth-order valence-electron chi connectivity index (χ4n) is 2.30. The maximum Gasteiger partial charge on any atom is 0.146 e. The standard InChI is InChI=1S/C20H26N2O2/c1-3-4-5-6-7-14-24-18-12-13-19(20(23)15-18)22-21-17-10-8-16(2)9-11-17/h8-13,15,23H,3-7,14H2,1-2H3. The molecule has 128 valence electrons. The van der Waals surface area contributed by atoms with Gasteiger partial charge < -0.3 is 9.84 Å². The SMILES string of the molecule is CCCCCCCOc1ccc(N=Nc2ccc(C)cc2)c(O)c1. The van der Waals surface area contributed by atoms with Crippen LogP contribution in [0.2, 0.25) is 0 Å². The highest BCUT2D eigenvalue weighted by Gasteiger charge is 2.03. The molecule has 2 aromatic carbocycles. The van der Waals surface area contributed by atoms with Crippen molar-refractivity contribution in [3.05, 3.63) is 48.0 Å². The molecular formula is C20H26N2O2. The third-order valence-corrected chi connectivity index (χ3v) is 3.77. The number of aromatic hydroxyl groups is 1. The summed E-state index contributed by atoms with van der Waals surface area (Å²) in [5, 5.41) is 18.3. The number of phenols is 1. The molecule has 0 fully saturated rings. The predicted octanol–water partition coefficient (Wildman–Crippen LogP) is 6.47. The van der Waals surface area contributed by atoms with Crippen molar-refractivity contribution in [2.24, 2.45) is 10.2 Å². The summed E-state index contributed by atoms with van der Waals surface area (Å²) in [7, 11) is 0. The molecule has 24 heavy (non-hydrogen) atoms. The van der Waals surface area contributed by atoms with Gasteiger partial charge in [-0.05, 0) is 37.6 Å². The Balaban J connectivity index is 1.86. The summed E-state index contributed by atoms with van der Waals surface area (Å²) in [6, 6.07) is 12.9. The summed E-state index contributed by atoms with van der Waals surface area (Å²) in [6.45, 7) is 4.90. The van der Waals surface area contributed by atoms with E-state index in [2.05, 4.69) is 17.2 Å². The lowest BCUT2D eigenvalue weighted by Gasteiger charge is -2.07. The van der Waals surface area contributed by atoms with Crippen LogP contribution in [0.15, 0.2) is 52.7 Å². The molecule has 0 radical (unpaired) electrons. The molecule has 1 N–H and O–H groups in total. The number of phenolic OH excluding ortho intramolecular Hbond substituents is 1. The van der Waals surface area contributed by atoms with Gasteiger partial charge in [0, 0.05) is 6.07 Å². The summed E-state index contributed by atoms with van der Waals surface area (Å²) < 4.78 is 5.67. The zero-order valence-electron chi connectivity index (χ0n) is 14.5. The van der Waals surface area contributed by atoms with Crippen molar-refractivity contribution in [1.29, 1.82) is 0 Å². The van der Waals surface area contributed by atoms with Crippen LogP contribution in [0.5, 0.6) is 11.5 Å². The molecule has 4 nitrogen and oxygen atoms in total. The minimum Gasteiger partial charge on any atom is -0.505 e. The van der Waals surface area contributed by atoms with Crippen LogP contribution >= 0.6 is 0 Å². The van der Waals surface area contributed by atoms with E-state index in [1.807, 2.05) is 37.3 Å². The van der Waals surface area contributed by atoms with Crippen LogP contribution < -0.4 is 4.74 Å². The summed E-state index contributed by atoms with van der Waals surface area (Å²) >= 11 is 0. The van der Waals surface area contributed by atoms with Crippen LogP contribution in [0.1, 0.15) is 44.6 Å². The Labute approximate surface area is 144 Å². The average molecular weight is 326 g/mol. The largest absolute Gasteiger partial charge is 0.505 e. The Hall–Kier alpha value is -2.36. The number of benzene rings is 2. The number of hydrogen-bond acceptors (Lipinski definition) is 4. The Bertz CT molecular complexity index is 651. The van der Waals surface area contributed by atoms with Crippen molar-refractivity contribution in [3.8, 4) is 11.5 Å². The Kier molecular flexibility index (Phi) is 7.27. The Morgan fingerprint density at radius 3 is 2.38 bits per heavy atom. The molecule has 0 atom stereocenters. The number of hydrogen-bond donors (Lipinski definition) is 1. The number of azo groups is 1. The number of aryl methyl sites for hydroxylation is 1. The van der Waals surface area contributed by atoms with Crippen LogP contribution in [-0.2, 0) is 0 Å². The molecule has 0 spiro atoms. The topological polar surface area (TPSA) is 54.2 Å². The minimum absolute atomic E-state index is 0.0781. The third-order valence-electron chi connectivity index (χ3n) is 3.77. The fourth-order valence-corrected chi connectivity index (χ4v) is 2.30. The number of ether oxygens (including phenoxy) is 1. The van der Waals surface area contributed by atoms with Crippen molar-refractivity contribution < 1.29 is 9.84 Å². The second-order valence-corrected chi connectivity index (χ2v) is 5.95. The highest BCUT2D eigenvalue weighted by atomic mass is 16.5. The molecule has 4 heteroatoms. The van der Waals surface area contributed by atoms with Gasteiger partial charge in [0.1, 0.15) is 17.2 Å². The second kappa shape index (κ2) is 9.71. The molecule has 0 aromatic heterocycles. The maximum absolute atomic E-state index is 10.1. The molecule has 0 aliphatic carbocycles. The monoisotopic (exact) mass is 326 g/mol. The van der Waals surface area contributed by atoms with E-state index in [9.17, 15) is 5.11 Å². The van der Waals surface area contributed by atoms with Crippen LogP contribution in [0.25, 0.3) is 0 Å². The molecule has 0 saturated heterocycles. The lowest BCUT2D eigenvalue weighted by Crippen LogP contribution is -1.96. The normalized spacial score (nSPS) is 11.1. The van der Waals surface area contributed by atoms with Gasteiger partial charge in [-0.1, -0.05) is 50.3 Å². The highest BCUT2D eigenvalue weighted by Crippen LogP contribution is 2.31. The van der Waals surface area contributed by atoms with Gasteiger partial charge in [-0.2, -0.15) is 5.11 Å². The number of unbranched alkanes of at least 4 members (excludes halogenated alkanes) is 4. The van der Waals surface area contributed by atoms with Crippen LogP contribution in [0.3, 0.4) is 0 Å². The van der Waals surface area contributed by atoms with E-state index in [0.717, 1.165) is 12.1 Å².